The molecule has 1 heterocycles. The van der Waals surface area contributed by atoms with Crippen LogP contribution in [-0.2, 0) is 16.0 Å². The second kappa shape index (κ2) is 4.98. The smallest absolute Gasteiger partial charge is 0.227 e. The zero-order chi connectivity index (χ0) is 13.2. The van der Waals surface area contributed by atoms with E-state index in [1.54, 1.807) is 0 Å². The first-order chi connectivity index (χ1) is 8.49. The number of hydrogen-bond donors (Lipinski definition) is 1. The monoisotopic (exact) mass is 248 g/mol. The molecule has 4 nitrogen and oxygen atoms in total. The van der Waals surface area contributed by atoms with Gasteiger partial charge in [-0.2, -0.15) is 0 Å². The molecule has 98 valence electrons. The molecular weight excluding hydrogens is 228 g/mol. The molecule has 0 radical (unpaired) electrons. The predicted molar refractivity (Wildman–Crippen MR) is 71.2 cm³/mol. The van der Waals surface area contributed by atoms with Crippen LogP contribution in [0, 0.1) is 0 Å². The van der Waals surface area contributed by atoms with E-state index in [2.05, 4.69) is 0 Å². The Bertz CT molecular complexity index is 443. The Morgan fingerprint density at radius 2 is 2.28 bits per heavy atom. The lowest BCUT2D eigenvalue weighted by Crippen LogP contribution is -2.55. The molecule has 18 heavy (non-hydrogen) atoms. The summed E-state index contributed by atoms with van der Waals surface area (Å²) in [6, 6.07) is 7.49. The van der Waals surface area contributed by atoms with E-state index in [1.165, 1.54) is 0 Å². The number of ether oxygens (including phenoxy) is 1. The molecule has 0 spiro atoms. The highest BCUT2D eigenvalue weighted by atomic mass is 16.5. The summed E-state index contributed by atoms with van der Waals surface area (Å²) < 4.78 is 5.42. The van der Waals surface area contributed by atoms with Gasteiger partial charge >= 0.3 is 0 Å². The molecule has 0 atom stereocenters. The van der Waals surface area contributed by atoms with Crippen LogP contribution in [0.25, 0.3) is 0 Å². The van der Waals surface area contributed by atoms with E-state index < -0.39 is 0 Å². The van der Waals surface area contributed by atoms with Gasteiger partial charge in [0.1, 0.15) is 0 Å². The van der Waals surface area contributed by atoms with Crippen molar-refractivity contribution >= 4 is 11.6 Å². The van der Waals surface area contributed by atoms with Crippen molar-refractivity contribution < 1.29 is 9.53 Å². The number of carbonyl (C=O) groups excluding carboxylic acids is 1. The van der Waals surface area contributed by atoms with Crippen molar-refractivity contribution in [1.29, 1.82) is 0 Å². The quantitative estimate of drug-likeness (QED) is 0.806. The predicted octanol–water partition coefficient (Wildman–Crippen LogP) is 1.45. The number of benzene rings is 1. The average Bonchev–Trinajstić information content (AvgIpc) is 2.28. The Hall–Kier alpha value is -1.55. The SMILES string of the molecule is CC1(C)COCCN1C(=O)Cc1cccc(N)c1. The molecule has 0 saturated carbocycles. The highest BCUT2D eigenvalue weighted by molar-refractivity contribution is 5.80. The second-order valence-corrected chi connectivity index (χ2v) is 5.33. The lowest BCUT2D eigenvalue weighted by molar-refractivity contribution is -0.145. The lowest BCUT2D eigenvalue weighted by Gasteiger charge is -2.42. The minimum Gasteiger partial charge on any atom is -0.399 e. The second-order valence-electron chi connectivity index (χ2n) is 5.33. The van der Waals surface area contributed by atoms with Crippen molar-refractivity contribution in [2.75, 3.05) is 25.5 Å². The van der Waals surface area contributed by atoms with E-state index in [0.29, 0.717) is 31.9 Å². The number of nitrogens with two attached hydrogens (primary N) is 1. The van der Waals surface area contributed by atoms with Crippen LogP contribution in [-0.4, -0.2) is 36.1 Å². The summed E-state index contributed by atoms with van der Waals surface area (Å²) in [4.78, 5) is 14.2. The van der Waals surface area contributed by atoms with Gasteiger partial charge in [0.05, 0.1) is 25.2 Å². The minimum atomic E-state index is -0.227. The Labute approximate surface area is 108 Å². The van der Waals surface area contributed by atoms with Crippen LogP contribution < -0.4 is 5.73 Å². The first kappa shape index (κ1) is 12.9. The van der Waals surface area contributed by atoms with Gasteiger partial charge in [-0.05, 0) is 31.5 Å². The minimum absolute atomic E-state index is 0.133. The van der Waals surface area contributed by atoms with Gasteiger partial charge in [0.15, 0.2) is 0 Å². The van der Waals surface area contributed by atoms with Crippen molar-refractivity contribution in [3.8, 4) is 0 Å². The molecular formula is C14H20N2O2. The lowest BCUT2D eigenvalue weighted by atomic mass is 10.0. The largest absolute Gasteiger partial charge is 0.399 e. The van der Waals surface area contributed by atoms with E-state index in [4.69, 9.17) is 10.5 Å². The van der Waals surface area contributed by atoms with Crippen LogP contribution in [0.3, 0.4) is 0 Å². The fraction of sp³-hybridized carbons (Fsp3) is 0.500. The normalized spacial score (nSPS) is 18.7. The Morgan fingerprint density at radius 1 is 1.50 bits per heavy atom. The number of nitrogen functional groups attached to an aromatic ring is 1. The zero-order valence-electron chi connectivity index (χ0n) is 11.0. The molecule has 0 aromatic heterocycles. The number of nitrogens with zero attached hydrogens (tertiary/aromatic N) is 1. The molecule has 0 unspecified atom stereocenters. The molecule has 2 N–H and O–H groups in total. The molecule has 1 aromatic rings. The van der Waals surface area contributed by atoms with Crippen LogP contribution in [0.1, 0.15) is 19.4 Å². The van der Waals surface area contributed by atoms with Crippen LogP contribution in [0.2, 0.25) is 0 Å². The molecule has 2 rings (SSSR count). The molecule has 1 aromatic carbocycles. The summed E-state index contributed by atoms with van der Waals surface area (Å²) in [5.74, 6) is 0.133. The molecule has 1 saturated heterocycles. The zero-order valence-corrected chi connectivity index (χ0v) is 11.0. The molecule has 1 fully saturated rings. The summed E-state index contributed by atoms with van der Waals surface area (Å²) in [7, 11) is 0. The number of anilines is 1. The molecule has 1 aliphatic heterocycles. The first-order valence-corrected chi connectivity index (χ1v) is 6.22. The third kappa shape index (κ3) is 2.82. The van der Waals surface area contributed by atoms with Gasteiger partial charge in [-0.25, -0.2) is 0 Å². The molecule has 1 amide bonds. The van der Waals surface area contributed by atoms with E-state index in [9.17, 15) is 4.79 Å². The number of carbonyl (C=O) groups is 1. The molecule has 1 aliphatic rings. The highest BCUT2D eigenvalue weighted by Crippen LogP contribution is 2.20. The first-order valence-electron chi connectivity index (χ1n) is 6.22. The topological polar surface area (TPSA) is 55.6 Å². The Kier molecular flexibility index (Phi) is 3.57. The van der Waals surface area contributed by atoms with Gasteiger partial charge in [-0.1, -0.05) is 12.1 Å². The Balaban J connectivity index is 2.07. The van der Waals surface area contributed by atoms with Gasteiger partial charge in [-0.15, -0.1) is 0 Å². The summed E-state index contributed by atoms with van der Waals surface area (Å²) in [5.41, 5.74) is 7.15. The van der Waals surface area contributed by atoms with Gasteiger partial charge < -0.3 is 15.4 Å². The number of hydrogen-bond acceptors (Lipinski definition) is 3. The van der Waals surface area contributed by atoms with E-state index in [0.717, 1.165) is 5.56 Å². The van der Waals surface area contributed by atoms with Crippen LogP contribution >= 0.6 is 0 Å². The third-order valence-electron chi connectivity index (χ3n) is 3.25. The van der Waals surface area contributed by atoms with Crippen molar-refractivity contribution in [2.24, 2.45) is 0 Å². The summed E-state index contributed by atoms with van der Waals surface area (Å²) in [6.07, 6.45) is 0.397. The van der Waals surface area contributed by atoms with Gasteiger partial charge in [0, 0.05) is 12.2 Å². The van der Waals surface area contributed by atoms with Gasteiger partial charge in [0.2, 0.25) is 5.91 Å². The maximum absolute atomic E-state index is 12.3. The Morgan fingerprint density at radius 3 is 2.94 bits per heavy atom. The highest BCUT2D eigenvalue weighted by Gasteiger charge is 2.33. The van der Waals surface area contributed by atoms with Crippen molar-refractivity contribution in [1.82, 2.24) is 4.90 Å². The molecule has 0 bridgehead atoms. The standard InChI is InChI=1S/C14H20N2O2/c1-14(2)10-18-7-6-16(14)13(17)9-11-4-3-5-12(15)8-11/h3-5,8H,6-7,9-10,15H2,1-2H3. The summed E-state index contributed by atoms with van der Waals surface area (Å²) in [5, 5.41) is 0. The van der Waals surface area contributed by atoms with Crippen molar-refractivity contribution in [2.45, 2.75) is 25.8 Å². The molecule has 4 heteroatoms. The average molecular weight is 248 g/mol. The van der Waals surface area contributed by atoms with Crippen LogP contribution in [0.4, 0.5) is 5.69 Å². The third-order valence-corrected chi connectivity index (χ3v) is 3.25. The van der Waals surface area contributed by atoms with Crippen molar-refractivity contribution in [3.05, 3.63) is 29.8 Å². The van der Waals surface area contributed by atoms with Crippen molar-refractivity contribution in [3.63, 3.8) is 0 Å². The number of amides is 1. The fourth-order valence-corrected chi connectivity index (χ4v) is 2.29. The van der Waals surface area contributed by atoms with Gasteiger partial charge in [0.25, 0.3) is 0 Å². The maximum atomic E-state index is 12.3. The summed E-state index contributed by atoms with van der Waals surface area (Å²) in [6.45, 7) is 5.93. The van der Waals surface area contributed by atoms with Crippen LogP contribution in [0.5, 0.6) is 0 Å². The number of rotatable bonds is 2. The number of morpholine rings is 1. The maximum Gasteiger partial charge on any atom is 0.227 e. The fourth-order valence-electron chi connectivity index (χ4n) is 2.29. The van der Waals surface area contributed by atoms with E-state index in [1.807, 2.05) is 43.0 Å². The van der Waals surface area contributed by atoms with Gasteiger partial charge in [-0.3, -0.25) is 4.79 Å². The summed E-state index contributed by atoms with van der Waals surface area (Å²) >= 11 is 0. The molecule has 0 aliphatic carbocycles. The van der Waals surface area contributed by atoms with E-state index >= 15 is 0 Å². The van der Waals surface area contributed by atoms with E-state index in [-0.39, 0.29) is 11.4 Å². The van der Waals surface area contributed by atoms with Crippen LogP contribution in [0.15, 0.2) is 24.3 Å².